The van der Waals surface area contributed by atoms with Gasteiger partial charge in [-0.15, -0.1) is 0 Å². The van der Waals surface area contributed by atoms with Gasteiger partial charge < -0.3 is 15.5 Å². The first-order chi connectivity index (χ1) is 14.3. The van der Waals surface area contributed by atoms with Crippen molar-refractivity contribution in [1.29, 1.82) is 0 Å². The van der Waals surface area contributed by atoms with Crippen LogP contribution in [0.4, 0.5) is 4.79 Å². The van der Waals surface area contributed by atoms with Gasteiger partial charge in [-0.05, 0) is 35.7 Å². The van der Waals surface area contributed by atoms with Crippen LogP contribution in [0.15, 0.2) is 42.5 Å². The molecule has 0 saturated carbocycles. The Morgan fingerprint density at radius 2 is 1.90 bits per heavy atom. The van der Waals surface area contributed by atoms with Crippen LogP contribution in [0.5, 0.6) is 0 Å². The van der Waals surface area contributed by atoms with Crippen LogP contribution >= 0.6 is 0 Å². The van der Waals surface area contributed by atoms with E-state index < -0.39 is 17.5 Å². The summed E-state index contributed by atoms with van der Waals surface area (Å²) in [7, 11) is 0. The number of rotatable bonds is 4. The lowest BCUT2D eigenvalue weighted by Gasteiger charge is -2.23. The number of hydrogen-bond donors (Lipinski definition) is 2. The highest BCUT2D eigenvalue weighted by Crippen LogP contribution is 2.31. The van der Waals surface area contributed by atoms with Gasteiger partial charge in [-0.3, -0.25) is 19.3 Å². The molecule has 2 aliphatic heterocycles. The topological polar surface area (TPSA) is 98.8 Å². The van der Waals surface area contributed by atoms with Crippen molar-refractivity contribution in [3.05, 3.63) is 48.0 Å². The van der Waals surface area contributed by atoms with Crippen LogP contribution in [0.3, 0.4) is 0 Å². The number of likely N-dealkylation sites (tertiary alicyclic amines) is 1. The van der Waals surface area contributed by atoms with Gasteiger partial charge in [0, 0.05) is 26.1 Å². The van der Waals surface area contributed by atoms with Crippen LogP contribution in [0, 0.1) is 0 Å². The average molecular weight is 408 g/mol. The fourth-order valence-electron chi connectivity index (χ4n) is 4.16. The Labute approximate surface area is 174 Å². The minimum atomic E-state index is -1.23. The van der Waals surface area contributed by atoms with Crippen molar-refractivity contribution >= 4 is 34.5 Å². The smallest absolute Gasteiger partial charge is 0.325 e. The van der Waals surface area contributed by atoms with E-state index in [4.69, 9.17) is 0 Å². The number of urea groups is 1. The Kier molecular flexibility index (Phi) is 4.93. The zero-order chi connectivity index (χ0) is 21.5. The van der Waals surface area contributed by atoms with Crippen molar-refractivity contribution < 1.29 is 19.2 Å². The fraction of sp³-hybridized carbons (Fsp3) is 0.364. The molecule has 2 aromatic rings. The van der Waals surface area contributed by atoms with E-state index in [1.807, 2.05) is 42.5 Å². The third kappa shape index (κ3) is 3.49. The predicted octanol–water partition coefficient (Wildman–Crippen LogP) is 1.34. The van der Waals surface area contributed by atoms with Gasteiger partial charge in [0.15, 0.2) is 0 Å². The van der Waals surface area contributed by atoms with E-state index in [0.29, 0.717) is 25.1 Å². The van der Waals surface area contributed by atoms with Crippen molar-refractivity contribution in [2.75, 3.05) is 19.6 Å². The molecule has 4 rings (SSSR count). The molecule has 2 aliphatic rings. The highest BCUT2D eigenvalue weighted by atomic mass is 16.2. The zero-order valence-electron chi connectivity index (χ0n) is 17.0. The monoisotopic (exact) mass is 408 g/mol. The number of benzene rings is 2. The summed E-state index contributed by atoms with van der Waals surface area (Å²) in [5.74, 6) is -0.905. The third-order valence-corrected chi connectivity index (χ3v) is 5.84. The van der Waals surface area contributed by atoms with Crippen LogP contribution in [-0.4, -0.2) is 59.2 Å². The quantitative estimate of drug-likeness (QED) is 0.746. The summed E-state index contributed by atoms with van der Waals surface area (Å²) in [6.45, 7) is 3.63. The lowest BCUT2D eigenvalue weighted by Crippen LogP contribution is -2.45. The average Bonchev–Trinajstić information content (AvgIpc) is 3.26. The van der Waals surface area contributed by atoms with Crippen molar-refractivity contribution in [1.82, 2.24) is 20.4 Å². The first kappa shape index (κ1) is 19.9. The van der Waals surface area contributed by atoms with E-state index >= 15 is 0 Å². The second kappa shape index (κ2) is 7.44. The second-order valence-corrected chi connectivity index (χ2v) is 8.03. The summed E-state index contributed by atoms with van der Waals surface area (Å²) >= 11 is 0. The fourth-order valence-corrected chi connectivity index (χ4v) is 4.16. The number of nitrogens with one attached hydrogen (secondary N) is 2. The molecule has 8 heteroatoms. The van der Waals surface area contributed by atoms with Gasteiger partial charge in [0.2, 0.25) is 11.8 Å². The van der Waals surface area contributed by atoms with E-state index in [0.717, 1.165) is 15.7 Å². The molecule has 156 valence electrons. The van der Waals surface area contributed by atoms with E-state index in [2.05, 4.69) is 10.6 Å². The van der Waals surface area contributed by atoms with Gasteiger partial charge in [-0.25, -0.2) is 4.79 Å². The normalized spacial score (nSPS) is 23.7. The summed E-state index contributed by atoms with van der Waals surface area (Å²) in [5, 5.41) is 7.55. The Morgan fingerprint density at radius 1 is 1.17 bits per heavy atom. The first-order valence-electron chi connectivity index (χ1n) is 9.96. The van der Waals surface area contributed by atoms with Crippen LogP contribution in [0.1, 0.15) is 25.8 Å². The molecule has 2 N–H and O–H groups in total. The molecule has 5 amide bonds. The maximum absolute atomic E-state index is 13.1. The van der Waals surface area contributed by atoms with E-state index in [1.165, 1.54) is 6.92 Å². The molecule has 0 aliphatic carbocycles. The molecule has 2 aromatic carbocycles. The summed E-state index contributed by atoms with van der Waals surface area (Å²) < 4.78 is 0. The van der Waals surface area contributed by atoms with Gasteiger partial charge >= 0.3 is 6.03 Å². The molecular formula is C22H24N4O4. The minimum absolute atomic E-state index is 0.0996. The maximum Gasteiger partial charge on any atom is 0.325 e. The number of carbonyl (C=O) groups excluding carboxylic acids is 4. The van der Waals surface area contributed by atoms with Crippen LogP contribution in [0.25, 0.3) is 10.8 Å². The summed E-state index contributed by atoms with van der Waals surface area (Å²) in [4.78, 5) is 52.2. The summed E-state index contributed by atoms with van der Waals surface area (Å²) in [6.07, 6.45) is 0.653. The minimum Gasteiger partial charge on any atom is -0.352 e. The van der Waals surface area contributed by atoms with Crippen molar-refractivity contribution in [3.63, 3.8) is 0 Å². The van der Waals surface area contributed by atoms with Gasteiger partial charge in [-0.1, -0.05) is 36.4 Å². The highest BCUT2D eigenvalue weighted by molar-refractivity contribution is 6.09. The number of nitrogens with zero attached hydrogens (tertiary/aromatic N) is 2. The molecule has 0 aromatic heterocycles. The predicted molar refractivity (Wildman–Crippen MR) is 110 cm³/mol. The number of imide groups is 1. The summed E-state index contributed by atoms with van der Waals surface area (Å²) in [6, 6.07) is 12.7. The van der Waals surface area contributed by atoms with Gasteiger partial charge in [0.1, 0.15) is 12.1 Å². The Morgan fingerprint density at radius 3 is 2.63 bits per heavy atom. The third-order valence-electron chi connectivity index (χ3n) is 5.84. The maximum atomic E-state index is 13.1. The molecule has 30 heavy (non-hydrogen) atoms. The molecular weight excluding hydrogens is 384 g/mol. The highest BCUT2D eigenvalue weighted by Gasteiger charge is 2.50. The molecule has 8 nitrogen and oxygen atoms in total. The van der Waals surface area contributed by atoms with Crippen molar-refractivity contribution in [2.24, 2.45) is 0 Å². The Bertz CT molecular complexity index is 1050. The lowest BCUT2D eigenvalue weighted by atomic mass is 9.90. The first-order valence-corrected chi connectivity index (χ1v) is 9.96. The zero-order valence-corrected chi connectivity index (χ0v) is 17.0. The standard InChI is InChI=1S/C22H24N4O4/c1-14(27)23-18-9-10-25(12-18)19(28)13-26-20(29)22(2,24-21(26)30)17-8-7-15-5-3-4-6-16(15)11-17/h3-8,11,18H,9-10,12-13H2,1-2H3,(H,23,27)(H,24,30). The number of amides is 5. The molecule has 0 radical (unpaired) electrons. The Hall–Kier alpha value is -3.42. The van der Waals surface area contributed by atoms with Gasteiger partial charge in [-0.2, -0.15) is 0 Å². The van der Waals surface area contributed by atoms with Gasteiger partial charge in [0.25, 0.3) is 5.91 Å². The molecule has 2 atom stereocenters. The molecule has 2 heterocycles. The van der Waals surface area contributed by atoms with Crippen molar-refractivity contribution in [3.8, 4) is 0 Å². The summed E-state index contributed by atoms with van der Waals surface area (Å²) in [5.41, 5.74) is -0.563. The van der Waals surface area contributed by atoms with Crippen LogP contribution < -0.4 is 10.6 Å². The van der Waals surface area contributed by atoms with Gasteiger partial charge in [0.05, 0.1) is 0 Å². The SMILES string of the molecule is CC(=O)NC1CCN(C(=O)CN2C(=O)NC(C)(c3ccc4ccccc4c3)C2=O)C1. The number of hydrogen-bond acceptors (Lipinski definition) is 4. The van der Waals surface area contributed by atoms with Crippen LogP contribution in [-0.2, 0) is 19.9 Å². The van der Waals surface area contributed by atoms with E-state index in [1.54, 1.807) is 11.8 Å². The second-order valence-electron chi connectivity index (χ2n) is 8.03. The lowest BCUT2D eigenvalue weighted by molar-refractivity contribution is -0.138. The number of carbonyl (C=O) groups is 4. The molecule has 0 bridgehead atoms. The van der Waals surface area contributed by atoms with E-state index in [-0.39, 0.29) is 24.4 Å². The van der Waals surface area contributed by atoms with Crippen LogP contribution in [0.2, 0.25) is 0 Å². The molecule has 2 unspecified atom stereocenters. The number of fused-ring (bicyclic) bond motifs is 1. The molecule has 2 saturated heterocycles. The largest absolute Gasteiger partial charge is 0.352 e. The van der Waals surface area contributed by atoms with Crippen molar-refractivity contribution in [2.45, 2.75) is 31.8 Å². The molecule has 2 fully saturated rings. The van der Waals surface area contributed by atoms with E-state index in [9.17, 15) is 19.2 Å². The molecule has 0 spiro atoms. The Balaban J connectivity index is 1.49.